The molecular weight excluding hydrogens is 252 g/mol. The van der Waals surface area contributed by atoms with E-state index in [1.165, 1.54) is 0 Å². The molecule has 4 heteroatoms. The van der Waals surface area contributed by atoms with Gasteiger partial charge in [-0.2, -0.15) is 0 Å². The standard InChI is InChI=1S/C16H18N2O2/c1-4-12(3)19-14-6-8-15(9-7-14)20-16-11-17-13(5-2)10-18-16/h1,5-10,12-13,16-17H,2,11H2,3H3. The lowest BCUT2D eigenvalue weighted by atomic mass is 10.2. The fourth-order valence-corrected chi connectivity index (χ4v) is 1.74. The van der Waals surface area contributed by atoms with Gasteiger partial charge in [0.15, 0.2) is 6.10 Å². The molecule has 1 aromatic carbocycles. The molecule has 3 atom stereocenters. The van der Waals surface area contributed by atoms with Crippen molar-refractivity contribution in [1.29, 1.82) is 0 Å². The summed E-state index contributed by atoms with van der Waals surface area (Å²) in [4.78, 5) is 4.32. The van der Waals surface area contributed by atoms with Crippen LogP contribution in [0.5, 0.6) is 11.5 Å². The quantitative estimate of drug-likeness (QED) is 0.657. The number of rotatable bonds is 5. The van der Waals surface area contributed by atoms with Gasteiger partial charge in [0.1, 0.15) is 11.5 Å². The van der Waals surface area contributed by atoms with Crippen molar-refractivity contribution in [3.8, 4) is 23.8 Å². The van der Waals surface area contributed by atoms with Gasteiger partial charge in [-0.15, -0.1) is 13.0 Å². The van der Waals surface area contributed by atoms with E-state index in [1.54, 1.807) is 12.3 Å². The highest BCUT2D eigenvalue weighted by atomic mass is 16.5. The summed E-state index contributed by atoms with van der Waals surface area (Å²) in [6.45, 7) is 6.19. The van der Waals surface area contributed by atoms with Gasteiger partial charge in [-0.25, -0.2) is 0 Å². The van der Waals surface area contributed by atoms with E-state index in [4.69, 9.17) is 15.9 Å². The Morgan fingerprint density at radius 2 is 2.15 bits per heavy atom. The highest BCUT2D eigenvalue weighted by Crippen LogP contribution is 2.20. The Kier molecular flexibility index (Phi) is 4.80. The van der Waals surface area contributed by atoms with Gasteiger partial charge in [0.2, 0.25) is 6.23 Å². The Hall–Kier alpha value is -2.25. The molecule has 0 aromatic heterocycles. The summed E-state index contributed by atoms with van der Waals surface area (Å²) in [6.07, 6.45) is 8.40. The van der Waals surface area contributed by atoms with Crippen LogP contribution in [0.4, 0.5) is 0 Å². The number of hydrogen-bond donors (Lipinski definition) is 1. The third-order valence-electron chi connectivity index (χ3n) is 2.84. The van der Waals surface area contributed by atoms with Gasteiger partial charge in [0.05, 0.1) is 12.6 Å². The molecule has 20 heavy (non-hydrogen) atoms. The van der Waals surface area contributed by atoms with E-state index in [0.717, 1.165) is 11.5 Å². The number of hydrogen-bond acceptors (Lipinski definition) is 4. The summed E-state index contributed by atoms with van der Waals surface area (Å²) in [5.41, 5.74) is 0. The van der Waals surface area contributed by atoms with Gasteiger partial charge in [0.25, 0.3) is 0 Å². The summed E-state index contributed by atoms with van der Waals surface area (Å²) in [6, 6.07) is 7.46. The maximum Gasteiger partial charge on any atom is 0.201 e. The molecule has 0 saturated heterocycles. The third kappa shape index (κ3) is 3.87. The number of nitrogens with zero attached hydrogens (tertiary/aromatic N) is 1. The summed E-state index contributed by atoms with van der Waals surface area (Å²) in [7, 11) is 0. The van der Waals surface area contributed by atoms with Crippen LogP contribution in [0.25, 0.3) is 0 Å². The van der Waals surface area contributed by atoms with Crippen LogP contribution in [0.2, 0.25) is 0 Å². The van der Waals surface area contributed by atoms with E-state index in [1.807, 2.05) is 31.2 Å². The maximum atomic E-state index is 5.74. The predicted molar refractivity (Wildman–Crippen MR) is 80.3 cm³/mol. The second-order valence-corrected chi connectivity index (χ2v) is 4.44. The Labute approximate surface area is 119 Å². The van der Waals surface area contributed by atoms with Crippen molar-refractivity contribution in [2.24, 2.45) is 4.99 Å². The highest BCUT2D eigenvalue weighted by molar-refractivity contribution is 5.68. The topological polar surface area (TPSA) is 42.9 Å². The summed E-state index contributed by atoms with van der Waals surface area (Å²) < 4.78 is 11.2. The van der Waals surface area contributed by atoms with E-state index in [2.05, 4.69) is 22.8 Å². The molecule has 1 aliphatic heterocycles. The SMILES string of the molecule is C#CC(C)Oc1ccc(OC2CNC(C=C)C=N2)cc1. The van der Waals surface area contributed by atoms with Crippen molar-refractivity contribution < 1.29 is 9.47 Å². The van der Waals surface area contributed by atoms with E-state index in [-0.39, 0.29) is 18.4 Å². The molecular formula is C16H18N2O2. The number of ether oxygens (including phenoxy) is 2. The van der Waals surface area contributed by atoms with Crippen molar-refractivity contribution >= 4 is 6.21 Å². The molecule has 0 spiro atoms. The molecule has 0 fully saturated rings. The molecule has 0 amide bonds. The minimum Gasteiger partial charge on any atom is -0.478 e. The Bertz CT molecular complexity index is 516. The van der Waals surface area contributed by atoms with Crippen LogP contribution >= 0.6 is 0 Å². The largest absolute Gasteiger partial charge is 0.478 e. The van der Waals surface area contributed by atoms with Crippen molar-refractivity contribution in [2.75, 3.05) is 6.54 Å². The van der Waals surface area contributed by atoms with Crippen LogP contribution in [-0.4, -0.2) is 31.1 Å². The zero-order valence-corrected chi connectivity index (χ0v) is 11.5. The van der Waals surface area contributed by atoms with Crippen LogP contribution in [0.1, 0.15) is 6.92 Å². The van der Waals surface area contributed by atoms with Gasteiger partial charge in [-0.05, 0) is 31.2 Å². The van der Waals surface area contributed by atoms with Gasteiger partial charge in [0, 0.05) is 6.21 Å². The monoisotopic (exact) mass is 270 g/mol. The van der Waals surface area contributed by atoms with E-state index in [9.17, 15) is 0 Å². The first-order chi connectivity index (χ1) is 9.71. The first kappa shape index (κ1) is 14.2. The number of nitrogens with one attached hydrogen (secondary N) is 1. The molecule has 1 aromatic rings. The van der Waals surface area contributed by atoms with Gasteiger partial charge in [-0.1, -0.05) is 12.0 Å². The summed E-state index contributed by atoms with van der Waals surface area (Å²) in [5, 5.41) is 3.24. The van der Waals surface area contributed by atoms with Crippen molar-refractivity contribution in [2.45, 2.75) is 25.3 Å². The Morgan fingerprint density at radius 3 is 2.70 bits per heavy atom. The van der Waals surface area contributed by atoms with E-state index < -0.39 is 0 Å². The fraction of sp³-hybridized carbons (Fsp3) is 0.312. The molecule has 1 aliphatic rings. The highest BCUT2D eigenvalue weighted by Gasteiger charge is 2.15. The van der Waals surface area contributed by atoms with Crippen LogP contribution in [0.3, 0.4) is 0 Å². The molecule has 0 saturated carbocycles. The first-order valence-corrected chi connectivity index (χ1v) is 6.50. The molecule has 0 radical (unpaired) electrons. The van der Waals surface area contributed by atoms with Gasteiger partial charge < -0.3 is 14.8 Å². The normalized spacial score (nSPS) is 22.6. The molecule has 0 aliphatic carbocycles. The van der Waals surface area contributed by atoms with Crippen LogP contribution in [-0.2, 0) is 0 Å². The zero-order chi connectivity index (χ0) is 14.4. The minimum atomic E-state index is -0.246. The molecule has 0 bridgehead atoms. The van der Waals surface area contributed by atoms with Crippen molar-refractivity contribution in [3.05, 3.63) is 36.9 Å². The number of aliphatic imine (C=N–C) groups is 1. The lowest BCUT2D eigenvalue weighted by Crippen LogP contribution is -2.41. The molecule has 104 valence electrons. The fourth-order valence-electron chi connectivity index (χ4n) is 1.74. The lowest BCUT2D eigenvalue weighted by molar-refractivity contribution is 0.201. The number of benzene rings is 1. The van der Waals surface area contributed by atoms with Crippen molar-refractivity contribution in [1.82, 2.24) is 5.32 Å². The lowest BCUT2D eigenvalue weighted by Gasteiger charge is -2.22. The first-order valence-electron chi connectivity index (χ1n) is 6.50. The smallest absolute Gasteiger partial charge is 0.201 e. The van der Waals surface area contributed by atoms with Gasteiger partial charge in [-0.3, -0.25) is 4.99 Å². The summed E-state index contributed by atoms with van der Waals surface area (Å²) >= 11 is 0. The predicted octanol–water partition coefficient (Wildman–Crippen LogP) is 2.02. The third-order valence-corrected chi connectivity index (χ3v) is 2.84. The molecule has 2 rings (SSSR count). The second kappa shape index (κ2) is 6.78. The number of terminal acetylenes is 1. The van der Waals surface area contributed by atoms with Gasteiger partial charge >= 0.3 is 0 Å². The minimum absolute atomic E-state index is 0.121. The second-order valence-electron chi connectivity index (χ2n) is 4.44. The zero-order valence-electron chi connectivity index (χ0n) is 11.5. The molecule has 1 heterocycles. The van der Waals surface area contributed by atoms with E-state index >= 15 is 0 Å². The molecule has 3 unspecified atom stereocenters. The Morgan fingerprint density at radius 1 is 1.45 bits per heavy atom. The average molecular weight is 270 g/mol. The molecule has 4 nitrogen and oxygen atoms in total. The van der Waals surface area contributed by atoms with Crippen LogP contribution < -0.4 is 14.8 Å². The average Bonchev–Trinajstić information content (AvgIpc) is 2.50. The maximum absolute atomic E-state index is 5.74. The summed E-state index contributed by atoms with van der Waals surface area (Å²) in [5.74, 6) is 3.98. The van der Waals surface area contributed by atoms with Crippen LogP contribution in [0.15, 0.2) is 41.9 Å². The van der Waals surface area contributed by atoms with Crippen molar-refractivity contribution in [3.63, 3.8) is 0 Å². The molecule has 1 N–H and O–H groups in total. The van der Waals surface area contributed by atoms with Crippen LogP contribution in [0, 0.1) is 12.3 Å². The Balaban J connectivity index is 1.91. The van der Waals surface area contributed by atoms with E-state index in [0.29, 0.717) is 6.54 Å².